The Morgan fingerprint density at radius 1 is 1.16 bits per heavy atom. The molecule has 0 atom stereocenters. The second-order valence-electron chi connectivity index (χ2n) is 5.67. The molecule has 0 aliphatic heterocycles. The summed E-state index contributed by atoms with van der Waals surface area (Å²) < 4.78 is 15.7. The van der Waals surface area contributed by atoms with Crippen LogP contribution in [-0.2, 0) is 18.3 Å². The molecule has 5 nitrogen and oxygen atoms in total. The van der Waals surface area contributed by atoms with Crippen LogP contribution in [0.2, 0.25) is 0 Å². The minimum absolute atomic E-state index is 0.0823. The summed E-state index contributed by atoms with van der Waals surface area (Å²) in [5.41, 5.74) is 2.47. The summed E-state index contributed by atoms with van der Waals surface area (Å²) in [6.45, 7) is 0.349. The highest BCUT2D eigenvalue weighted by atomic mass is 32.1. The van der Waals surface area contributed by atoms with Gasteiger partial charge >= 0.3 is 0 Å². The SMILES string of the molecule is Cn1c(C(=O)NCC(=O)NCCc2ccc(F)cc2)cc2sccc21. The van der Waals surface area contributed by atoms with E-state index < -0.39 is 0 Å². The Morgan fingerprint density at radius 2 is 1.92 bits per heavy atom. The van der Waals surface area contributed by atoms with Crippen LogP contribution in [0.1, 0.15) is 16.1 Å². The average molecular weight is 359 g/mol. The van der Waals surface area contributed by atoms with Crippen molar-refractivity contribution in [3.8, 4) is 0 Å². The highest BCUT2D eigenvalue weighted by Gasteiger charge is 2.14. The molecular formula is C18H18FN3O2S. The van der Waals surface area contributed by atoms with Crippen LogP contribution in [0, 0.1) is 5.82 Å². The summed E-state index contributed by atoms with van der Waals surface area (Å²) in [6.07, 6.45) is 0.605. The molecule has 0 saturated heterocycles. The fourth-order valence-corrected chi connectivity index (χ4v) is 3.43. The summed E-state index contributed by atoms with van der Waals surface area (Å²) >= 11 is 1.57. The quantitative estimate of drug-likeness (QED) is 0.710. The molecule has 0 radical (unpaired) electrons. The highest BCUT2D eigenvalue weighted by Crippen LogP contribution is 2.23. The van der Waals surface area contributed by atoms with E-state index in [2.05, 4.69) is 10.6 Å². The molecule has 2 N–H and O–H groups in total. The van der Waals surface area contributed by atoms with Crippen molar-refractivity contribution < 1.29 is 14.0 Å². The molecule has 0 aliphatic rings. The number of carbonyl (C=O) groups excluding carboxylic acids is 2. The fraction of sp³-hybridized carbons (Fsp3) is 0.222. The van der Waals surface area contributed by atoms with Crippen LogP contribution in [0.4, 0.5) is 4.39 Å². The normalized spacial score (nSPS) is 10.8. The topological polar surface area (TPSA) is 63.1 Å². The molecule has 1 aromatic carbocycles. The van der Waals surface area contributed by atoms with Gasteiger partial charge in [-0.2, -0.15) is 0 Å². The molecule has 2 amide bonds. The number of rotatable bonds is 6. The highest BCUT2D eigenvalue weighted by molar-refractivity contribution is 7.17. The van der Waals surface area contributed by atoms with Crippen molar-refractivity contribution in [3.05, 3.63) is 58.9 Å². The largest absolute Gasteiger partial charge is 0.354 e. The maximum Gasteiger partial charge on any atom is 0.268 e. The van der Waals surface area contributed by atoms with Gasteiger partial charge in [-0.25, -0.2) is 4.39 Å². The van der Waals surface area contributed by atoms with E-state index >= 15 is 0 Å². The van der Waals surface area contributed by atoms with Gasteiger partial charge in [0.2, 0.25) is 5.91 Å². The van der Waals surface area contributed by atoms with Crippen LogP contribution in [0.15, 0.2) is 41.8 Å². The van der Waals surface area contributed by atoms with Crippen molar-refractivity contribution in [1.82, 2.24) is 15.2 Å². The second-order valence-corrected chi connectivity index (χ2v) is 6.62. The zero-order valence-electron chi connectivity index (χ0n) is 13.7. The number of carbonyl (C=O) groups is 2. The molecule has 130 valence electrons. The molecular weight excluding hydrogens is 341 g/mol. The van der Waals surface area contributed by atoms with Gasteiger partial charge in [-0.1, -0.05) is 12.1 Å². The number of halogens is 1. The van der Waals surface area contributed by atoms with Gasteiger partial charge in [-0.3, -0.25) is 9.59 Å². The summed E-state index contributed by atoms with van der Waals surface area (Å²) in [4.78, 5) is 24.1. The molecule has 2 heterocycles. The lowest BCUT2D eigenvalue weighted by molar-refractivity contribution is -0.120. The average Bonchev–Trinajstić information content (AvgIpc) is 3.18. The second kappa shape index (κ2) is 7.48. The summed E-state index contributed by atoms with van der Waals surface area (Å²) in [6, 6.07) is 9.93. The van der Waals surface area contributed by atoms with Crippen LogP contribution < -0.4 is 10.6 Å². The first-order valence-corrected chi connectivity index (χ1v) is 8.75. The van der Waals surface area contributed by atoms with E-state index in [1.807, 2.05) is 29.1 Å². The van der Waals surface area contributed by atoms with Gasteiger partial charge < -0.3 is 15.2 Å². The van der Waals surface area contributed by atoms with Gasteiger partial charge in [0.1, 0.15) is 11.5 Å². The number of aryl methyl sites for hydroxylation is 1. The number of nitrogens with zero attached hydrogens (tertiary/aromatic N) is 1. The minimum Gasteiger partial charge on any atom is -0.354 e. The number of hydrogen-bond acceptors (Lipinski definition) is 3. The molecule has 0 saturated carbocycles. The molecule has 0 unspecified atom stereocenters. The van der Waals surface area contributed by atoms with E-state index in [1.54, 1.807) is 23.5 Å². The van der Waals surface area contributed by atoms with Crippen molar-refractivity contribution in [3.63, 3.8) is 0 Å². The van der Waals surface area contributed by atoms with E-state index in [-0.39, 0.29) is 24.2 Å². The molecule has 0 fully saturated rings. The predicted octanol–water partition coefficient (Wildman–Crippen LogP) is 2.47. The number of nitrogens with one attached hydrogen (secondary N) is 2. The molecule has 7 heteroatoms. The standard InChI is InChI=1S/C18H18FN3O2S/c1-22-14-7-9-25-16(14)10-15(22)18(24)21-11-17(23)20-8-6-12-2-4-13(19)5-3-12/h2-5,7,9-10H,6,8,11H2,1H3,(H,20,23)(H,21,24). The number of hydrogen-bond donors (Lipinski definition) is 2. The third-order valence-corrected chi connectivity index (χ3v) is 4.81. The Labute approximate surface area is 148 Å². The Balaban J connectivity index is 1.45. The Bertz CT molecular complexity index is 899. The molecule has 2 aromatic heterocycles. The van der Waals surface area contributed by atoms with Crippen LogP contribution >= 0.6 is 11.3 Å². The van der Waals surface area contributed by atoms with Crippen molar-refractivity contribution in [2.24, 2.45) is 7.05 Å². The minimum atomic E-state index is -0.281. The summed E-state index contributed by atoms with van der Waals surface area (Å²) in [5.74, 6) is -0.817. The van der Waals surface area contributed by atoms with E-state index in [0.717, 1.165) is 15.8 Å². The number of benzene rings is 1. The van der Waals surface area contributed by atoms with Crippen molar-refractivity contribution in [1.29, 1.82) is 0 Å². The van der Waals surface area contributed by atoms with Gasteiger partial charge in [0.05, 0.1) is 16.8 Å². The third-order valence-electron chi connectivity index (χ3n) is 3.96. The molecule has 0 spiro atoms. The summed E-state index contributed by atoms with van der Waals surface area (Å²) in [7, 11) is 1.83. The molecule has 0 aliphatic carbocycles. The van der Waals surface area contributed by atoms with Gasteiger partial charge in [0, 0.05) is 13.6 Å². The van der Waals surface area contributed by atoms with Gasteiger partial charge in [0.15, 0.2) is 0 Å². The first kappa shape index (κ1) is 17.2. The van der Waals surface area contributed by atoms with Crippen LogP contribution in [0.5, 0.6) is 0 Å². The number of thiophene rings is 1. The lowest BCUT2D eigenvalue weighted by Crippen LogP contribution is -2.38. The van der Waals surface area contributed by atoms with Crippen LogP contribution in [0.25, 0.3) is 10.2 Å². The monoisotopic (exact) mass is 359 g/mol. The molecule has 3 rings (SSSR count). The van der Waals surface area contributed by atoms with E-state index in [1.165, 1.54) is 12.1 Å². The predicted molar refractivity (Wildman–Crippen MR) is 96.2 cm³/mol. The summed E-state index contributed by atoms with van der Waals surface area (Å²) in [5, 5.41) is 7.34. The van der Waals surface area contributed by atoms with Crippen LogP contribution in [-0.4, -0.2) is 29.5 Å². The number of amides is 2. The van der Waals surface area contributed by atoms with Crippen molar-refractivity contribution >= 4 is 33.4 Å². The van der Waals surface area contributed by atoms with Gasteiger partial charge in [-0.05, 0) is 41.6 Å². The first-order valence-electron chi connectivity index (χ1n) is 7.87. The molecule has 3 aromatic rings. The lowest BCUT2D eigenvalue weighted by Gasteiger charge is -2.08. The fourth-order valence-electron chi connectivity index (χ4n) is 2.58. The smallest absolute Gasteiger partial charge is 0.268 e. The number of aromatic nitrogens is 1. The molecule has 25 heavy (non-hydrogen) atoms. The maximum atomic E-state index is 12.8. The van der Waals surface area contributed by atoms with E-state index in [9.17, 15) is 14.0 Å². The number of fused-ring (bicyclic) bond motifs is 1. The maximum absolute atomic E-state index is 12.8. The lowest BCUT2D eigenvalue weighted by atomic mass is 10.1. The Kier molecular flexibility index (Phi) is 5.14. The third kappa shape index (κ3) is 4.06. The zero-order chi connectivity index (χ0) is 17.8. The molecule has 0 bridgehead atoms. The van der Waals surface area contributed by atoms with E-state index in [0.29, 0.717) is 18.7 Å². The van der Waals surface area contributed by atoms with Crippen LogP contribution in [0.3, 0.4) is 0 Å². The first-order chi connectivity index (χ1) is 12.0. The Hall–Kier alpha value is -2.67. The van der Waals surface area contributed by atoms with Crippen molar-refractivity contribution in [2.45, 2.75) is 6.42 Å². The Morgan fingerprint density at radius 3 is 2.64 bits per heavy atom. The van der Waals surface area contributed by atoms with Crippen molar-refractivity contribution in [2.75, 3.05) is 13.1 Å². The zero-order valence-corrected chi connectivity index (χ0v) is 14.5. The van der Waals surface area contributed by atoms with Gasteiger partial charge in [-0.15, -0.1) is 11.3 Å². The van der Waals surface area contributed by atoms with Gasteiger partial charge in [0.25, 0.3) is 5.91 Å². The van der Waals surface area contributed by atoms with E-state index in [4.69, 9.17) is 0 Å².